The molecular formula is C34H32O7. The number of hydrogen-bond donors (Lipinski definition) is 0. The summed E-state index contributed by atoms with van der Waals surface area (Å²) in [5.74, 6) is -2.50. The number of methoxy groups -OCH3 is 1. The van der Waals surface area contributed by atoms with Gasteiger partial charge in [-0.2, -0.15) is 0 Å². The average Bonchev–Trinajstić information content (AvgIpc) is 3.42. The zero-order chi connectivity index (χ0) is 29.4. The van der Waals surface area contributed by atoms with Crippen LogP contribution >= 0.6 is 0 Å². The third-order valence-corrected chi connectivity index (χ3v) is 7.18. The predicted octanol–water partition coefficient (Wildman–Crippen LogP) is 5.79. The van der Waals surface area contributed by atoms with Gasteiger partial charge in [-0.3, -0.25) is 14.4 Å². The molecule has 0 heterocycles. The quantitative estimate of drug-likeness (QED) is 0.136. The van der Waals surface area contributed by atoms with Crippen LogP contribution in [0.15, 0.2) is 108 Å². The minimum Gasteiger partial charge on any atom is -0.466 e. The van der Waals surface area contributed by atoms with Crippen molar-refractivity contribution in [2.45, 2.75) is 39.9 Å². The minimum atomic E-state index is -1.82. The second kappa shape index (κ2) is 13.0. The number of Topliss-reactive ketones (excluding diaryl/α,β-unsaturated/α-hetero) is 1. The molecule has 0 fully saturated rings. The van der Waals surface area contributed by atoms with Gasteiger partial charge in [0.25, 0.3) is 0 Å². The van der Waals surface area contributed by atoms with Crippen molar-refractivity contribution in [3.05, 3.63) is 124 Å². The van der Waals surface area contributed by atoms with Gasteiger partial charge < -0.3 is 14.2 Å². The standard InChI is InChI=1S/C34H32O7/c1-23(31(36)39-3)30(27-17-11-6-12-18-27)29-20-34(19-28(29)24(2)35,32(37)40-21-25-13-7-4-8-14-25)33(38)41-22-26-15-9-5-10-16-26/h4-18H,19-22H2,1-3H3/b30-23-. The number of benzene rings is 3. The number of esters is 3. The number of ether oxygens (including phenoxy) is 3. The fourth-order valence-electron chi connectivity index (χ4n) is 5.03. The van der Waals surface area contributed by atoms with Crippen LogP contribution in [0.25, 0.3) is 5.57 Å². The third kappa shape index (κ3) is 6.52. The van der Waals surface area contributed by atoms with E-state index in [9.17, 15) is 19.2 Å². The van der Waals surface area contributed by atoms with Crippen LogP contribution in [0.3, 0.4) is 0 Å². The SMILES string of the molecule is COC(=O)/C(C)=C(\C1=C(C(C)=O)CC(C(=O)OCc2ccccc2)(C(=O)OCc2ccccc2)C1)c1ccccc1. The molecule has 0 spiro atoms. The Morgan fingerprint density at radius 3 is 1.54 bits per heavy atom. The van der Waals surface area contributed by atoms with Gasteiger partial charge >= 0.3 is 17.9 Å². The normalized spacial score (nSPS) is 14.6. The molecule has 0 bridgehead atoms. The summed E-state index contributed by atoms with van der Waals surface area (Å²) in [6, 6.07) is 27.3. The van der Waals surface area contributed by atoms with Crippen molar-refractivity contribution in [2.75, 3.05) is 7.11 Å². The highest BCUT2D eigenvalue weighted by molar-refractivity contribution is 6.10. The second-order valence-corrected chi connectivity index (χ2v) is 9.93. The highest BCUT2D eigenvalue weighted by Gasteiger charge is 2.55. The summed E-state index contributed by atoms with van der Waals surface area (Å²) >= 11 is 0. The predicted molar refractivity (Wildman–Crippen MR) is 153 cm³/mol. The Hall–Kier alpha value is -4.78. The maximum Gasteiger partial charge on any atom is 0.334 e. The molecule has 0 aliphatic heterocycles. The molecule has 41 heavy (non-hydrogen) atoms. The fourth-order valence-corrected chi connectivity index (χ4v) is 5.03. The topological polar surface area (TPSA) is 96.0 Å². The number of carbonyl (C=O) groups is 4. The Morgan fingerprint density at radius 2 is 1.10 bits per heavy atom. The Morgan fingerprint density at radius 1 is 0.659 bits per heavy atom. The summed E-state index contributed by atoms with van der Waals surface area (Å²) in [4.78, 5) is 53.5. The maximum atomic E-state index is 13.9. The summed E-state index contributed by atoms with van der Waals surface area (Å²) in [5, 5.41) is 0. The number of carbonyl (C=O) groups excluding carboxylic acids is 4. The lowest BCUT2D eigenvalue weighted by molar-refractivity contribution is -0.173. The lowest BCUT2D eigenvalue weighted by Crippen LogP contribution is -2.40. The molecule has 7 heteroatoms. The van der Waals surface area contributed by atoms with E-state index in [0.29, 0.717) is 16.7 Å². The summed E-state index contributed by atoms with van der Waals surface area (Å²) in [6.45, 7) is 2.87. The molecule has 210 valence electrons. The lowest BCUT2D eigenvalue weighted by atomic mass is 9.81. The molecule has 0 saturated carbocycles. The second-order valence-electron chi connectivity index (χ2n) is 9.93. The zero-order valence-corrected chi connectivity index (χ0v) is 23.3. The van der Waals surface area contributed by atoms with Crippen molar-refractivity contribution >= 4 is 29.3 Å². The van der Waals surface area contributed by atoms with Gasteiger partial charge in [-0.15, -0.1) is 0 Å². The van der Waals surface area contributed by atoms with Gasteiger partial charge in [0.1, 0.15) is 13.2 Å². The zero-order valence-electron chi connectivity index (χ0n) is 23.3. The van der Waals surface area contributed by atoms with Gasteiger partial charge in [0.15, 0.2) is 11.2 Å². The van der Waals surface area contributed by atoms with E-state index < -0.39 is 23.3 Å². The van der Waals surface area contributed by atoms with E-state index in [1.807, 2.05) is 66.7 Å². The molecule has 4 rings (SSSR count). The summed E-state index contributed by atoms with van der Waals surface area (Å²) in [5.41, 5.74) is 1.69. The largest absolute Gasteiger partial charge is 0.466 e. The van der Waals surface area contributed by atoms with Gasteiger partial charge in [0, 0.05) is 24.0 Å². The molecule has 0 N–H and O–H groups in total. The number of ketones is 1. The molecule has 7 nitrogen and oxygen atoms in total. The van der Waals surface area contributed by atoms with Crippen molar-refractivity contribution in [1.29, 1.82) is 0 Å². The van der Waals surface area contributed by atoms with Gasteiger partial charge in [-0.25, -0.2) is 4.79 Å². The molecule has 0 aromatic heterocycles. The third-order valence-electron chi connectivity index (χ3n) is 7.18. The molecule has 0 amide bonds. The molecule has 0 unspecified atom stereocenters. The number of allylic oxidation sites excluding steroid dienone is 3. The first kappa shape index (κ1) is 29.2. The highest BCUT2D eigenvalue weighted by atomic mass is 16.6. The smallest absolute Gasteiger partial charge is 0.334 e. The minimum absolute atomic E-state index is 0.0549. The Kier molecular flexibility index (Phi) is 9.30. The van der Waals surface area contributed by atoms with Crippen molar-refractivity contribution < 1.29 is 33.4 Å². The number of rotatable bonds is 10. The van der Waals surface area contributed by atoms with E-state index in [4.69, 9.17) is 14.2 Å². The summed E-state index contributed by atoms with van der Waals surface area (Å²) in [7, 11) is 1.27. The first-order chi connectivity index (χ1) is 19.8. The molecular weight excluding hydrogens is 520 g/mol. The lowest BCUT2D eigenvalue weighted by Gasteiger charge is -2.26. The van der Waals surface area contributed by atoms with Crippen molar-refractivity contribution in [2.24, 2.45) is 5.41 Å². The van der Waals surface area contributed by atoms with Crippen LogP contribution in [0.4, 0.5) is 0 Å². The van der Waals surface area contributed by atoms with Gasteiger partial charge in [-0.05, 0) is 41.7 Å². The van der Waals surface area contributed by atoms with Crippen molar-refractivity contribution in [3.63, 3.8) is 0 Å². The summed E-state index contributed by atoms with van der Waals surface area (Å²) in [6.07, 6.45) is -0.397. The van der Waals surface area contributed by atoms with Crippen LogP contribution in [-0.4, -0.2) is 30.8 Å². The van der Waals surface area contributed by atoms with E-state index in [2.05, 4.69) is 0 Å². The van der Waals surface area contributed by atoms with E-state index in [1.54, 1.807) is 31.2 Å². The number of hydrogen-bond acceptors (Lipinski definition) is 7. The van der Waals surface area contributed by atoms with Crippen LogP contribution in [0, 0.1) is 5.41 Å². The van der Waals surface area contributed by atoms with Gasteiger partial charge in [0.2, 0.25) is 0 Å². The van der Waals surface area contributed by atoms with Crippen LogP contribution in [-0.2, 0) is 46.6 Å². The maximum absolute atomic E-state index is 13.9. The average molecular weight is 553 g/mol. The van der Waals surface area contributed by atoms with E-state index >= 15 is 0 Å². The molecule has 1 aliphatic rings. The van der Waals surface area contributed by atoms with Crippen molar-refractivity contribution in [3.8, 4) is 0 Å². The Labute approximate surface area is 239 Å². The summed E-state index contributed by atoms with van der Waals surface area (Å²) < 4.78 is 16.4. The molecule has 0 radical (unpaired) electrons. The molecule has 3 aromatic carbocycles. The van der Waals surface area contributed by atoms with Gasteiger partial charge in [0.05, 0.1) is 7.11 Å². The van der Waals surface area contributed by atoms with E-state index in [1.165, 1.54) is 14.0 Å². The van der Waals surface area contributed by atoms with Crippen LogP contribution in [0.1, 0.15) is 43.4 Å². The van der Waals surface area contributed by atoms with Crippen LogP contribution in [0.5, 0.6) is 0 Å². The van der Waals surface area contributed by atoms with E-state index in [-0.39, 0.29) is 43.0 Å². The Bertz CT molecular complexity index is 1430. The van der Waals surface area contributed by atoms with Crippen LogP contribution in [0.2, 0.25) is 0 Å². The first-order valence-corrected chi connectivity index (χ1v) is 13.3. The van der Waals surface area contributed by atoms with Gasteiger partial charge in [-0.1, -0.05) is 91.0 Å². The first-order valence-electron chi connectivity index (χ1n) is 13.3. The van der Waals surface area contributed by atoms with Crippen molar-refractivity contribution in [1.82, 2.24) is 0 Å². The molecule has 0 saturated heterocycles. The monoisotopic (exact) mass is 552 g/mol. The fraction of sp³-hybridized carbons (Fsp3) is 0.235. The molecule has 0 atom stereocenters. The van der Waals surface area contributed by atoms with Crippen LogP contribution < -0.4 is 0 Å². The van der Waals surface area contributed by atoms with E-state index in [0.717, 1.165) is 11.1 Å². The highest BCUT2D eigenvalue weighted by Crippen LogP contribution is 2.50. The Balaban J connectivity index is 1.77. The molecule has 3 aromatic rings. The molecule has 1 aliphatic carbocycles.